The van der Waals surface area contributed by atoms with Gasteiger partial charge in [0.05, 0.1) is 7.11 Å². The molecule has 1 fully saturated rings. The fourth-order valence-electron chi connectivity index (χ4n) is 3.60. The number of primary amides is 1. The Morgan fingerprint density at radius 1 is 1.21 bits per heavy atom. The van der Waals surface area contributed by atoms with E-state index in [1.165, 1.54) is 7.11 Å². The van der Waals surface area contributed by atoms with Crippen LogP contribution in [0.5, 0.6) is 11.5 Å². The predicted octanol–water partition coefficient (Wildman–Crippen LogP) is 2.23. The molecule has 1 aromatic carbocycles. The molecule has 1 aliphatic rings. The van der Waals surface area contributed by atoms with E-state index in [0.29, 0.717) is 28.8 Å². The van der Waals surface area contributed by atoms with Gasteiger partial charge in [-0.15, -0.1) is 0 Å². The number of hydrogen-bond donors (Lipinski definition) is 2. The summed E-state index contributed by atoms with van der Waals surface area (Å²) in [6.07, 6.45) is 5.64. The van der Waals surface area contributed by atoms with Gasteiger partial charge in [-0.3, -0.25) is 9.59 Å². The molecule has 0 bridgehead atoms. The first-order valence-corrected chi connectivity index (χ1v) is 9.66. The lowest BCUT2D eigenvalue weighted by Gasteiger charge is -2.30. The summed E-state index contributed by atoms with van der Waals surface area (Å²) < 4.78 is 15.8. The zero-order valence-corrected chi connectivity index (χ0v) is 16.7. The van der Waals surface area contributed by atoms with Gasteiger partial charge in [-0.05, 0) is 31.0 Å². The largest absolute Gasteiger partial charge is 0.493 e. The Kier molecular flexibility index (Phi) is 6.36. The van der Waals surface area contributed by atoms with Gasteiger partial charge in [0.25, 0.3) is 11.8 Å². The van der Waals surface area contributed by atoms with E-state index in [1.807, 2.05) is 0 Å². The lowest BCUT2D eigenvalue weighted by Crippen LogP contribution is -2.46. The Labute approximate surface area is 168 Å². The first kappa shape index (κ1) is 20.6. The van der Waals surface area contributed by atoms with Crippen molar-refractivity contribution >= 4 is 11.8 Å². The van der Waals surface area contributed by atoms with Gasteiger partial charge < -0.3 is 25.0 Å². The van der Waals surface area contributed by atoms with Crippen LogP contribution in [0.1, 0.15) is 60.6 Å². The summed E-state index contributed by atoms with van der Waals surface area (Å²) in [6, 6.07) is 4.76. The van der Waals surface area contributed by atoms with Crippen molar-refractivity contribution in [1.29, 1.82) is 0 Å². The summed E-state index contributed by atoms with van der Waals surface area (Å²) >= 11 is 0. The van der Waals surface area contributed by atoms with Crippen LogP contribution in [0, 0.1) is 6.92 Å². The SMILES string of the molecule is COc1cc(C(=O)NC2(c3noc(C)n3)CCCCCC2)ccc1OCC(N)=O. The third-order valence-electron chi connectivity index (χ3n) is 5.06. The molecular formula is C20H26N4O5. The van der Waals surface area contributed by atoms with E-state index in [-0.39, 0.29) is 12.5 Å². The van der Waals surface area contributed by atoms with Gasteiger partial charge in [-0.25, -0.2) is 0 Å². The number of methoxy groups -OCH3 is 1. The van der Waals surface area contributed by atoms with Gasteiger partial charge in [0.15, 0.2) is 23.9 Å². The molecule has 3 rings (SSSR count). The van der Waals surface area contributed by atoms with Crippen molar-refractivity contribution in [2.24, 2.45) is 5.73 Å². The predicted molar refractivity (Wildman–Crippen MR) is 104 cm³/mol. The molecule has 3 N–H and O–H groups in total. The molecule has 9 heteroatoms. The highest BCUT2D eigenvalue weighted by Gasteiger charge is 2.39. The number of benzene rings is 1. The number of aromatic nitrogens is 2. The van der Waals surface area contributed by atoms with Crippen LogP contribution in [0.3, 0.4) is 0 Å². The topological polar surface area (TPSA) is 130 Å². The van der Waals surface area contributed by atoms with E-state index in [4.69, 9.17) is 19.7 Å². The second-order valence-corrected chi connectivity index (χ2v) is 7.21. The Morgan fingerprint density at radius 3 is 2.52 bits per heavy atom. The Bertz CT molecular complexity index is 872. The normalized spacial score (nSPS) is 15.9. The molecule has 2 amide bonds. The van der Waals surface area contributed by atoms with E-state index < -0.39 is 11.4 Å². The van der Waals surface area contributed by atoms with Crippen LogP contribution in [0.4, 0.5) is 0 Å². The van der Waals surface area contributed by atoms with Crippen molar-refractivity contribution in [2.75, 3.05) is 13.7 Å². The number of aryl methyl sites for hydroxylation is 1. The fourth-order valence-corrected chi connectivity index (χ4v) is 3.60. The smallest absolute Gasteiger partial charge is 0.255 e. The van der Waals surface area contributed by atoms with Crippen molar-refractivity contribution in [1.82, 2.24) is 15.5 Å². The van der Waals surface area contributed by atoms with Crippen LogP contribution in [-0.2, 0) is 10.3 Å². The number of nitrogens with one attached hydrogen (secondary N) is 1. The molecular weight excluding hydrogens is 376 g/mol. The zero-order valence-electron chi connectivity index (χ0n) is 16.7. The van der Waals surface area contributed by atoms with Crippen molar-refractivity contribution < 1.29 is 23.6 Å². The number of rotatable bonds is 7. The highest BCUT2D eigenvalue weighted by Crippen LogP contribution is 2.35. The van der Waals surface area contributed by atoms with Crippen molar-refractivity contribution in [3.8, 4) is 11.5 Å². The Morgan fingerprint density at radius 2 is 1.93 bits per heavy atom. The third kappa shape index (κ3) is 4.85. The Hall–Kier alpha value is -3.10. The minimum Gasteiger partial charge on any atom is -0.493 e. The molecule has 1 aliphatic carbocycles. The summed E-state index contributed by atoms with van der Waals surface area (Å²) in [5, 5.41) is 7.24. The summed E-state index contributed by atoms with van der Waals surface area (Å²) in [5.41, 5.74) is 4.84. The lowest BCUT2D eigenvalue weighted by molar-refractivity contribution is -0.119. The van der Waals surface area contributed by atoms with E-state index in [1.54, 1.807) is 25.1 Å². The molecule has 1 aromatic heterocycles. The van der Waals surface area contributed by atoms with Gasteiger partial charge >= 0.3 is 0 Å². The molecule has 9 nitrogen and oxygen atoms in total. The summed E-state index contributed by atoms with van der Waals surface area (Å²) in [7, 11) is 1.46. The molecule has 0 aliphatic heterocycles. The zero-order chi connectivity index (χ0) is 20.9. The average molecular weight is 402 g/mol. The lowest BCUT2D eigenvalue weighted by atomic mass is 9.88. The molecule has 1 heterocycles. The molecule has 0 unspecified atom stereocenters. The van der Waals surface area contributed by atoms with Crippen LogP contribution in [0.2, 0.25) is 0 Å². The van der Waals surface area contributed by atoms with Gasteiger partial charge in [0.2, 0.25) is 5.89 Å². The van der Waals surface area contributed by atoms with Crippen LogP contribution >= 0.6 is 0 Å². The van der Waals surface area contributed by atoms with Crippen molar-refractivity contribution in [3.63, 3.8) is 0 Å². The number of carbonyl (C=O) groups excluding carboxylic acids is 2. The van der Waals surface area contributed by atoms with Gasteiger partial charge in [0.1, 0.15) is 5.54 Å². The minimum absolute atomic E-state index is 0.269. The van der Waals surface area contributed by atoms with E-state index >= 15 is 0 Å². The van der Waals surface area contributed by atoms with Crippen LogP contribution < -0.4 is 20.5 Å². The van der Waals surface area contributed by atoms with Crippen molar-refractivity contribution in [3.05, 3.63) is 35.5 Å². The number of hydrogen-bond acceptors (Lipinski definition) is 7. The minimum atomic E-state index is -0.667. The first-order chi connectivity index (χ1) is 13.9. The number of carbonyl (C=O) groups is 2. The maximum absolute atomic E-state index is 13.1. The van der Waals surface area contributed by atoms with E-state index in [9.17, 15) is 9.59 Å². The molecule has 29 heavy (non-hydrogen) atoms. The number of nitrogens with two attached hydrogens (primary N) is 1. The van der Waals surface area contributed by atoms with Crippen LogP contribution in [0.15, 0.2) is 22.7 Å². The molecule has 0 spiro atoms. The monoisotopic (exact) mass is 402 g/mol. The maximum atomic E-state index is 13.1. The highest BCUT2D eigenvalue weighted by atomic mass is 16.5. The third-order valence-corrected chi connectivity index (χ3v) is 5.06. The maximum Gasteiger partial charge on any atom is 0.255 e. The number of ether oxygens (including phenoxy) is 2. The van der Waals surface area contributed by atoms with Crippen LogP contribution in [-0.4, -0.2) is 35.7 Å². The van der Waals surface area contributed by atoms with E-state index in [0.717, 1.165) is 38.5 Å². The van der Waals surface area contributed by atoms with Gasteiger partial charge in [-0.1, -0.05) is 30.8 Å². The summed E-state index contributed by atoms with van der Waals surface area (Å²) in [6.45, 7) is 1.46. The quantitative estimate of drug-likeness (QED) is 0.679. The fraction of sp³-hybridized carbons (Fsp3) is 0.500. The molecule has 0 radical (unpaired) electrons. The van der Waals surface area contributed by atoms with Crippen LogP contribution in [0.25, 0.3) is 0 Å². The van der Waals surface area contributed by atoms with Gasteiger partial charge in [0, 0.05) is 12.5 Å². The average Bonchev–Trinajstić information content (AvgIpc) is 3.01. The summed E-state index contributed by atoms with van der Waals surface area (Å²) in [5.74, 6) is 0.785. The second-order valence-electron chi connectivity index (χ2n) is 7.21. The van der Waals surface area contributed by atoms with Gasteiger partial charge in [-0.2, -0.15) is 4.98 Å². The molecule has 0 saturated heterocycles. The first-order valence-electron chi connectivity index (χ1n) is 9.66. The molecule has 0 atom stereocenters. The summed E-state index contributed by atoms with van der Waals surface area (Å²) in [4.78, 5) is 28.4. The second kappa shape index (κ2) is 8.93. The molecule has 156 valence electrons. The number of amides is 2. The molecule has 1 saturated carbocycles. The Balaban J connectivity index is 1.85. The van der Waals surface area contributed by atoms with Crippen molar-refractivity contribution in [2.45, 2.75) is 51.0 Å². The highest BCUT2D eigenvalue weighted by molar-refractivity contribution is 5.95. The number of nitrogens with zero attached hydrogens (tertiary/aromatic N) is 2. The molecule has 2 aromatic rings. The van der Waals surface area contributed by atoms with E-state index in [2.05, 4.69) is 15.5 Å². The standard InChI is InChI=1S/C20H26N4O5/c1-13-22-19(24-29-13)20(9-5-3-4-6-10-20)23-18(26)14-7-8-15(16(11-14)27-2)28-12-17(21)25/h7-8,11H,3-6,9-10,12H2,1-2H3,(H2,21,25)(H,23,26).